The molecule has 2 aliphatic carbocycles. The van der Waals surface area contributed by atoms with Crippen molar-refractivity contribution >= 4 is 23.2 Å². The van der Waals surface area contributed by atoms with Gasteiger partial charge in [0.25, 0.3) is 11.8 Å². The molecule has 0 aliphatic heterocycles. The van der Waals surface area contributed by atoms with Gasteiger partial charge in [0, 0.05) is 43.7 Å². The van der Waals surface area contributed by atoms with Crippen LogP contribution in [0.4, 0.5) is 5.69 Å². The Balaban J connectivity index is 1.54. The lowest BCUT2D eigenvalue weighted by molar-refractivity contribution is 0.0939. The Morgan fingerprint density at radius 3 is 2.61 bits per heavy atom. The summed E-state index contributed by atoms with van der Waals surface area (Å²) in [6.45, 7) is 2.80. The van der Waals surface area contributed by atoms with Crippen LogP contribution < -0.4 is 10.6 Å². The van der Waals surface area contributed by atoms with Crippen LogP contribution in [0, 0.1) is 5.92 Å². The first kappa shape index (κ1) is 23.0. The van der Waals surface area contributed by atoms with Crippen molar-refractivity contribution in [2.45, 2.75) is 51.4 Å². The summed E-state index contributed by atoms with van der Waals surface area (Å²) in [5, 5.41) is 6.00. The van der Waals surface area contributed by atoms with E-state index in [0.29, 0.717) is 23.7 Å². The lowest BCUT2D eigenvalue weighted by atomic mass is 9.83. The summed E-state index contributed by atoms with van der Waals surface area (Å²) in [6.07, 6.45) is 10.8. The number of hydrogen-bond acceptors (Lipinski definition) is 4. The molecule has 174 valence electrons. The highest BCUT2D eigenvalue weighted by atomic mass is 16.2. The lowest BCUT2D eigenvalue weighted by Crippen LogP contribution is -2.31. The highest BCUT2D eigenvalue weighted by Crippen LogP contribution is 2.37. The van der Waals surface area contributed by atoms with Crippen LogP contribution in [0.3, 0.4) is 0 Å². The van der Waals surface area contributed by atoms with Crippen LogP contribution in [0.15, 0.2) is 42.6 Å². The van der Waals surface area contributed by atoms with Crippen molar-refractivity contribution in [1.82, 2.24) is 15.2 Å². The van der Waals surface area contributed by atoms with Crippen molar-refractivity contribution in [3.8, 4) is 0 Å². The Hall–Kier alpha value is -3.15. The summed E-state index contributed by atoms with van der Waals surface area (Å²) in [6, 6.07) is 9.34. The smallest absolute Gasteiger partial charge is 0.272 e. The molecule has 2 N–H and O–H groups in total. The number of nitrogens with one attached hydrogen (secondary N) is 2. The molecule has 1 unspecified atom stereocenters. The molecule has 1 aromatic carbocycles. The first-order valence-corrected chi connectivity index (χ1v) is 12.0. The summed E-state index contributed by atoms with van der Waals surface area (Å²) < 4.78 is 0. The van der Waals surface area contributed by atoms with Gasteiger partial charge in [-0.3, -0.25) is 9.59 Å². The minimum absolute atomic E-state index is 0.215. The monoisotopic (exact) mass is 446 g/mol. The largest absolute Gasteiger partial charge is 0.377 e. The fraction of sp³-hybridized carbons (Fsp3) is 0.444. The number of allylic oxidation sites excluding steroid dienone is 1. The number of fused-ring (bicyclic) bond motifs is 1. The normalized spacial score (nSPS) is 18.2. The molecule has 4 rings (SSSR count). The van der Waals surface area contributed by atoms with Crippen molar-refractivity contribution in [2.24, 2.45) is 5.92 Å². The number of carbonyl (C=O) groups excluding carboxylic acids is 2. The molecule has 6 heteroatoms. The van der Waals surface area contributed by atoms with Gasteiger partial charge in [-0.2, -0.15) is 0 Å². The van der Waals surface area contributed by atoms with E-state index in [1.165, 1.54) is 19.3 Å². The van der Waals surface area contributed by atoms with Crippen LogP contribution in [0.25, 0.3) is 5.70 Å². The molecule has 33 heavy (non-hydrogen) atoms. The molecule has 0 saturated heterocycles. The first-order chi connectivity index (χ1) is 16.0. The van der Waals surface area contributed by atoms with Crippen LogP contribution in [0.5, 0.6) is 0 Å². The van der Waals surface area contributed by atoms with E-state index in [0.717, 1.165) is 36.1 Å². The van der Waals surface area contributed by atoms with Gasteiger partial charge in [-0.25, -0.2) is 4.98 Å². The maximum atomic E-state index is 13.4. The second-order valence-electron chi connectivity index (χ2n) is 9.46. The zero-order valence-corrected chi connectivity index (χ0v) is 19.9. The van der Waals surface area contributed by atoms with E-state index in [1.807, 2.05) is 26.2 Å². The summed E-state index contributed by atoms with van der Waals surface area (Å²) in [5.74, 6) is 0.310. The number of nitrogens with zero attached hydrogens (tertiary/aromatic N) is 2. The zero-order chi connectivity index (χ0) is 23.4. The molecule has 6 nitrogen and oxygen atoms in total. The van der Waals surface area contributed by atoms with Crippen molar-refractivity contribution < 1.29 is 9.59 Å². The van der Waals surface area contributed by atoms with Gasteiger partial charge >= 0.3 is 0 Å². The average Bonchev–Trinajstić information content (AvgIpc) is 2.83. The number of hydrogen-bond donors (Lipinski definition) is 2. The Kier molecular flexibility index (Phi) is 7.11. The molecular formula is C27H34N4O2. The maximum absolute atomic E-state index is 13.4. The molecule has 1 aromatic heterocycles. The van der Waals surface area contributed by atoms with Gasteiger partial charge in [0.2, 0.25) is 0 Å². The fourth-order valence-electron chi connectivity index (χ4n) is 5.05. The second kappa shape index (κ2) is 10.2. The van der Waals surface area contributed by atoms with Gasteiger partial charge in [-0.15, -0.1) is 0 Å². The predicted octanol–water partition coefficient (Wildman–Crippen LogP) is 5.05. The quantitative estimate of drug-likeness (QED) is 0.651. The molecule has 0 spiro atoms. The summed E-state index contributed by atoms with van der Waals surface area (Å²) in [7, 11) is 4.04. The predicted molar refractivity (Wildman–Crippen MR) is 132 cm³/mol. The third kappa shape index (κ3) is 5.10. The Labute approximate surface area is 196 Å². The van der Waals surface area contributed by atoms with Gasteiger partial charge in [0.15, 0.2) is 5.69 Å². The molecule has 2 aromatic rings. The Morgan fingerprint density at radius 1 is 1.06 bits per heavy atom. The number of carbonyl (C=O) groups is 2. The summed E-state index contributed by atoms with van der Waals surface area (Å²) >= 11 is 0. The first-order valence-electron chi connectivity index (χ1n) is 12.0. The molecule has 1 heterocycles. The van der Waals surface area contributed by atoms with E-state index in [9.17, 15) is 9.59 Å². The van der Waals surface area contributed by atoms with Crippen LogP contribution in [-0.4, -0.2) is 42.3 Å². The average molecular weight is 447 g/mol. The Morgan fingerprint density at radius 2 is 1.85 bits per heavy atom. The fourth-order valence-corrected chi connectivity index (χ4v) is 5.05. The molecule has 1 atom stereocenters. The van der Waals surface area contributed by atoms with Crippen LogP contribution in [-0.2, 0) is 0 Å². The molecule has 1 saturated carbocycles. The van der Waals surface area contributed by atoms with Crippen molar-refractivity contribution in [1.29, 1.82) is 0 Å². The molecule has 1 fully saturated rings. The van der Waals surface area contributed by atoms with Gasteiger partial charge in [-0.05, 0) is 54.9 Å². The SMILES string of the molecule is CC1CC=C(N(C)C)c2cccc(C(=O)Nc3cccnc3C(=O)NCC3CCCCC3)c21. The van der Waals surface area contributed by atoms with E-state index in [4.69, 9.17) is 0 Å². The highest BCUT2D eigenvalue weighted by molar-refractivity contribution is 6.09. The zero-order valence-electron chi connectivity index (χ0n) is 19.9. The molecule has 0 bridgehead atoms. The van der Waals surface area contributed by atoms with Crippen molar-refractivity contribution in [3.05, 3.63) is 65.0 Å². The number of amides is 2. The second-order valence-corrected chi connectivity index (χ2v) is 9.46. The Bertz CT molecular complexity index is 1050. The van der Waals surface area contributed by atoms with Crippen molar-refractivity contribution in [2.75, 3.05) is 26.0 Å². The number of aromatic nitrogens is 1. The van der Waals surface area contributed by atoms with Crippen molar-refractivity contribution in [3.63, 3.8) is 0 Å². The maximum Gasteiger partial charge on any atom is 0.272 e. The topological polar surface area (TPSA) is 74.3 Å². The van der Waals surface area contributed by atoms with Gasteiger partial charge in [0.1, 0.15) is 0 Å². The van der Waals surface area contributed by atoms with E-state index in [-0.39, 0.29) is 23.4 Å². The molecule has 2 aliphatic rings. The number of pyridine rings is 1. The molecule has 0 radical (unpaired) electrons. The number of anilines is 1. The van der Waals surface area contributed by atoms with Gasteiger partial charge in [0.05, 0.1) is 5.69 Å². The molecule has 2 amide bonds. The lowest BCUT2D eigenvalue weighted by Gasteiger charge is -2.29. The summed E-state index contributed by atoms with van der Waals surface area (Å²) in [5.41, 5.74) is 4.60. The van der Waals surface area contributed by atoms with E-state index in [1.54, 1.807) is 18.3 Å². The minimum Gasteiger partial charge on any atom is -0.377 e. The van der Waals surface area contributed by atoms with Gasteiger partial charge < -0.3 is 15.5 Å². The van der Waals surface area contributed by atoms with Crippen LogP contribution in [0.1, 0.15) is 83.3 Å². The standard InChI is InChI=1S/C27H34N4O2/c1-18-14-15-23(31(2)3)20-11-7-12-21(24(18)20)26(32)30-22-13-8-16-28-25(22)27(33)29-17-19-9-5-4-6-10-19/h7-8,11-13,15-16,18-19H,4-6,9-10,14,17H2,1-3H3,(H,29,33)(H,30,32). The number of rotatable bonds is 6. The van der Waals surface area contributed by atoms with Gasteiger partial charge in [-0.1, -0.05) is 44.4 Å². The van der Waals surface area contributed by atoms with Crippen LogP contribution >= 0.6 is 0 Å². The summed E-state index contributed by atoms with van der Waals surface area (Å²) in [4.78, 5) is 32.6. The third-order valence-corrected chi connectivity index (χ3v) is 6.81. The van der Waals surface area contributed by atoms with E-state index >= 15 is 0 Å². The number of benzene rings is 1. The minimum atomic E-state index is -0.238. The molecular weight excluding hydrogens is 412 g/mol. The van der Waals surface area contributed by atoms with E-state index < -0.39 is 0 Å². The highest BCUT2D eigenvalue weighted by Gasteiger charge is 2.26. The van der Waals surface area contributed by atoms with E-state index in [2.05, 4.69) is 39.6 Å². The van der Waals surface area contributed by atoms with Crippen LogP contribution in [0.2, 0.25) is 0 Å². The third-order valence-electron chi connectivity index (χ3n) is 6.81.